The van der Waals surface area contributed by atoms with Crippen molar-refractivity contribution in [3.63, 3.8) is 0 Å². The molecular formula is C52H28N4OS. The molecule has 0 saturated carbocycles. The number of hydrogen-bond donors (Lipinski definition) is 0. The smallest absolute Gasteiger partial charge is 0.236 e. The lowest BCUT2D eigenvalue weighted by Gasteiger charge is -2.13. The van der Waals surface area contributed by atoms with Crippen LogP contribution in [-0.2, 0) is 0 Å². The molecule has 0 aliphatic carbocycles. The van der Waals surface area contributed by atoms with Gasteiger partial charge in [-0.15, -0.1) is 11.3 Å². The third-order valence-corrected chi connectivity index (χ3v) is 13.4. The highest BCUT2D eigenvalue weighted by atomic mass is 32.1. The van der Waals surface area contributed by atoms with E-state index in [2.05, 4.69) is 167 Å². The zero-order chi connectivity index (χ0) is 37.6. The van der Waals surface area contributed by atoms with Gasteiger partial charge >= 0.3 is 0 Å². The van der Waals surface area contributed by atoms with Crippen LogP contribution in [0.2, 0.25) is 0 Å². The summed E-state index contributed by atoms with van der Waals surface area (Å²) in [5.41, 5.74) is 14.4. The highest BCUT2D eigenvalue weighted by Crippen LogP contribution is 2.49. The molecule has 5 nitrogen and oxygen atoms in total. The Hall–Kier alpha value is -7.54. The van der Waals surface area contributed by atoms with Crippen molar-refractivity contribution in [3.05, 3.63) is 170 Å². The second-order valence-electron chi connectivity index (χ2n) is 15.3. The Kier molecular flexibility index (Phi) is 5.85. The minimum atomic E-state index is 0.647. The average molecular weight is 757 g/mol. The topological polar surface area (TPSA) is 48.8 Å². The Bertz CT molecular complexity index is 3940. The number of para-hydroxylation sites is 4. The van der Waals surface area contributed by atoms with Crippen LogP contribution in [0.4, 0.5) is 0 Å². The predicted octanol–water partition coefficient (Wildman–Crippen LogP) is 14.3. The number of hydrogen-bond acceptors (Lipinski definition) is 4. The van der Waals surface area contributed by atoms with Gasteiger partial charge in [0.05, 0.1) is 33.4 Å². The van der Waals surface area contributed by atoms with E-state index in [4.69, 9.17) is 14.4 Å². The van der Waals surface area contributed by atoms with Crippen LogP contribution in [0.3, 0.4) is 0 Å². The summed E-state index contributed by atoms with van der Waals surface area (Å²) < 4.78 is 12.4. The minimum absolute atomic E-state index is 0.647. The van der Waals surface area contributed by atoms with E-state index in [9.17, 15) is 0 Å². The maximum Gasteiger partial charge on any atom is 0.236 e. The van der Waals surface area contributed by atoms with Crippen molar-refractivity contribution in [2.75, 3.05) is 0 Å². The number of fused-ring (bicyclic) bond motifs is 17. The zero-order valence-corrected chi connectivity index (χ0v) is 31.6. The highest BCUT2D eigenvalue weighted by molar-refractivity contribution is 7.25. The predicted molar refractivity (Wildman–Crippen MR) is 241 cm³/mol. The van der Waals surface area contributed by atoms with Gasteiger partial charge in [0, 0.05) is 64.5 Å². The molecule has 6 heteroatoms. The summed E-state index contributed by atoms with van der Waals surface area (Å²) in [6.07, 6.45) is 0. The molecule has 0 atom stereocenters. The molecule has 0 saturated heterocycles. The Labute approximate surface area is 334 Å². The Morgan fingerprint density at radius 1 is 0.414 bits per heavy atom. The molecule has 0 spiro atoms. The van der Waals surface area contributed by atoms with Gasteiger partial charge in [-0.05, 0) is 53.6 Å². The van der Waals surface area contributed by atoms with Gasteiger partial charge in [0.2, 0.25) is 5.95 Å². The van der Waals surface area contributed by atoms with Crippen molar-refractivity contribution in [1.29, 1.82) is 0 Å². The van der Waals surface area contributed by atoms with E-state index in [1.807, 2.05) is 12.1 Å². The highest BCUT2D eigenvalue weighted by Gasteiger charge is 2.27. The number of thiophene rings is 1. The molecule has 5 aromatic heterocycles. The van der Waals surface area contributed by atoms with Crippen LogP contribution in [0, 0.1) is 0 Å². The van der Waals surface area contributed by atoms with Crippen LogP contribution in [0.25, 0.3) is 131 Å². The second kappa shape index (κ2) is 11.1. The van der Waals surface area contributed by atoms with Crippen molar-refractivity contribution in [3.8, 4) is 45.1 Å². The molecule has 8 aromatic carbocycles. The number of benzene rings is 8. The fourth-order valence-electron chi connectivity index (χ4n) is 9.94. The van der Waals surface area contributed by atoms with Crippen molar-refractivity contribution in [1.82, 2.24) is 19.1 Å². The lowest BCUT2D eigenvalue weighted by Crippen LogP contribution is -2.03. The molecular weight excluding hydrogens is 729 g/mol. The Balaban J connectivity index is 1.13. The molecule has 0 bridgehead atoms. The molecule has 6 heterocycles. The van der Waals surface area contributed by atoms with Crippen LogP contribution in [0.15, 0.2) is 174 Å². The summed E-state index contributed by atoms with van der Waals surface area (Å²) in [4.78, 5) is 12.1. The number of rotatable bonds is 2. The second-order valence-corrected chi connectivity index (χ2v) is 16.3. The van der Waals surface area contributed by atoms with Gasteiger partial charge in [-0.2, -0.15) is 0 Å². The van der Waals surface area contributed by atoms with Gasteiger partial charge in [0.15, 0.2) is 0 Å². The van der Waals surface area contributed by atoms with Crippen molar-refractivity contribution < 1.29 is 4.42 Å². The molecule has 0 amide bonds. The average Bonchev–Trinajstić information content (AvgIpc) is 4.01. The monoisotopic (exact) mass is 756 g/mol. The standard InChI is InChI=1S/C52H28N4OS/c1-2-14-30-29(13-1)31-15-3-7-22-40(31)55-42-27-38-32-16-4-8-23-41(32)56(43(38)28-39(42)34-20-11-19-33(30)50(34)55)52-53-49(48-36-18-6-10-26-46(36)58-51(48)54-52)37-21-12-25-45-47(37)35-17-5-9-24-44(35)57-45/h1-28H. The molecule has 1 aliphatic rings. The number of nitrogens with zero attached hydrogens (tertiary/aromatic N) is 4. The van der Waals surface area contributed by atoms with Crippen LogP contribution < -0.4 is 0 Å². The maximum atomic E-state index is 6.41. The Morgan fingerprint density at radius 3 is 1.93 bits per heavy atom. The quantitative estimate of drug-likeness (QED) is 0.176. The van der Waals surface area contributed by atoms with E-state index < -0.39 is 0 Å². The van der Waals surface area contributed by atoms with Crippen LogP contribution in [-0.4, -0.2) is 19.1 Å². The number of furan rings is 1. The van der Waals surface area contributed by atoms with E-state index in [1.54, 1.807) is 11.3 Å². The first-order valence-electron chi connectivity index (χ1n) is 19.6. The third kappa shape index (κ3) is 3.89. The van der Waals surface area contributed by atoms with Crippen molar-refractivity contribution in [2.45, 2.75) is 0 Å². The summed E-state index contributed by atoms with van der Waals surface area (Å²) in [5, 5.41) is 9.10. The molecule has 0 N–H and O–H groups in total. The van der Waals surface area contributed by atoms with E-state index in [1.165, 1.54) is 54.4 Å². The molecule has 0 unspecified atom stereocenters. The molecule has 58 heavy (non-hydrogen) atoms. The SMILES string of the molecule is c1ccc2c(c1)-c1ccccc1-n1c3cc4c5ccccc5n(-c5nc(-c6cccc7oc8ccccc8c67)c6c(n5)sc5ccccc56)c4cc3c3cccc-2c31. The van der Waals surface area contributed by atoms with Crippen LogP contribution in [0.5, 0.6) is 0 Å². The lowest BCUT2D eigenvalue weighted by molar-refractivity contribution is 0.669. The molecule has 13 aromatic rings. The third-order valence-electron chi connectivity index (χ3n) is 12.3. The van der Waals surface area contributed by atoms with Gasteiger partial charge < -0.3 is 8.98 Å². The Morgan fingerprint density at radius 2 is 1.03 bits per heavy atom. The van der Waals surface area contributed by atoms with Crippen LogP contribution in [0.1, 0.15) is 0 Å². The van der Waals surface area contributed by atoms with Gasteiger partial charge in [-0.3, -0.25) is 4.57 Å². The lowest BCUT2D eigenvalue weighted by atomic mass is 9.94. The zero-order valence-electron chi connectivity index (χ0n) is 30.8. The molecule has 14 rings (SSSR count). The molecule has 0 radical (unpaired) electrons. The fraction of sp³-hybridized carbons (Fsp3) is 0. The van der Waals surface area contributed by atoms with Crippen molar-refractivity contribution in [2.24, 2.45) is 0 Å². The molecule has 0 fully saturated rings. The fourth-order valence-corrected chi connectivity index (χ4v) is 11.0. The first kappa shape index (κ1) is 30.7. The minimum Gasteiger partial charge on any atom is -0.456 e. The normalized spacial score (nSPS) is 12.5. The summed E-state index contributed by atoms with van der Waals surface area (Å²) in [7, 11) is 0. The summed E-state index contributed by atoms with van der Waals surface area (Å²) in [6, 6.07) is 61.1. The van der Waals surface area contributed by atoms with E-state index in [0.717, 1.165) is 70.6 Å². The summed E-state index contributed by atoms with van der Waals surface area (Å²) >= 11 is 1.72. The van der Waals surface area contributed by atoms with Gasteiger partial charge in [0.25, 0.3) is 0 Å². The molecule has 268 valence electrons. The van der Waals surface area contributed by atoms with Gasteiger partial charge in [0.1, 0.15) is 16.0 Å². The van der Waals surface area contributed by atoms with Gasteiger partial charge in [-0.25, -0.2) is 9.97 Å². The first-order chi connectivity index (χ1) is 28.8. The van der Waals surface area contributed by atoms with E-state index in [0.29, 0.717) is 5.95 Å². The van der Waals surface area contributed by atoms with E-state index >= 15 is 0 Å². The van der Waals surface area contributed by atoms with Crippen molar-refractivity contribution >= 4 is 97.2 Å². The largest absolute Gasteiger partial charge is 0.456 e. The molecule has 1 aliphatic heterocycles. The van der Waals surface area contributed by atoms with E-state index in [-0.39, 0.29) is 0 Å². The van der Waals surface area contributed by atoms with Gasteiger partial charge in [-0.1, -0.05) is 127 Å². The summed E-state index contributed by atoms with van der Waals surface area (Å²) in [5.74, 6) is 0.647. The number of aromatic nitrogens is 4. The first-order valence-corrected chi connectivity index (χ1v) is 20.4. The maximum absolute atomic E-state index is 6.41. The van der Waals surface area contributed by atoms with Crippen LogP contribution >= 0.6 is 11.3 Å². The summed E-state index contributed by atoms with van der Waals surface area (Å²) in [6.45, 7) is 0.